The molecule has 1 aliphatic heterocycles. The van der Waals surface area contributed by atoms with Crippen molar-refractivity contribution in [3.05, 3.63) is 24.3 Å². The molecule has 1 N–H and O–H groups in total. The molecule has 0 unspecified atom stereocenters. The lowest BCUT2D eigenvalue weighted by Gasteiger charge is -2.16. The number of carboxylic acids is 1. The molecule has 6 heteroatoms. The lowest BCUT2D eigenvalue weighted by molar-refractivity contribution is -0.142. The summed E-state index contributed by atoms with van der Waals surface area (Å²) in [5.74, 6) is -0.212. The minimum atomic E-state index is -0.851. The van der Waals surface area contributed by atoms with Crippen LogP contribution in [-0.2, 0) is 9.59 Å². The molecule has 1 aromatic carbocycles. The van der Waals surface area contributed by atoms with E-state index >= 15 is 0 Å². The fourth-order valence-electron chi connectivity index (χ4n) is 2.58. The van der Waals surface area contributed by atoms with Gasteiger partial charge in [0.1, 0.15) is 11.5 Å². The van der Waals surface area contributed by atoms with Gasteiger partial charge in [-0.3, -0.25) is 9.59 Å². The molecule has 0 bridgehead atoms. The minimum absolute atomic E-state index is 0.0357. The highest BCUT2D eigenvalue weighted by molar-refractivity contribution is 5.80. The van der Waals surface area contributed by atoms with E-state index in [1.165, 1.54) is 0 Å². The summed E-state index contributed by atoms with van der Waals surface area (Å²) in [5, 5.41) is 9.10. The summed E-state index contributed by atoms with van der Waals surface area (Å²) < 4.78 is 11.0. The van der Waals surface area contributed by atoms with Crippen molar-refractivity contribution in [3.8, 4) is 11.5 Å². The molecule has 0 aliphatic carbocycles. The van der Waals surface area contributed by atoms with Gasteiger partial charge in [0.25, 0.3) is 5.91 Å². The van der Waals surface area contributed by atoms with E-state index in [1.54, 1.807) is 29.2 Å². The first-order chi connectivity index (χ1) is 11.0. The molecule has 1 heterocycles. The number of rotatable bonds is 7. The summed E-state index contributed by atoms with van der Waals surface area (Å²) in [4.78, 5) is 24.8. The molecular formula is C17H23NO5. The van der Waals surface area contributed by atoms with Crippen LogP contribution in [0.3, 0.4) is 0 Å². The van der Waals surface area contributed by atoms with E-state index in [4.69, 9.17) is 14.6 Å². The average Bonchev–Trinajstić information content (AvgIpc) is 2.94. The van der Waals surface area contributed by atoms with Crippen molar-refractivity contribution in [3.63, 3.8) is 0 Å². The lowest BCUT2D eigenvalue weighted by atomic mass is 9.99. The van der Waals surface area contributed by atoms with Gasteiger partial charge in [-0.25, -0.2) is 0 Å². The summed E-state index contributed by atoms with van der Waals surface area (Å²) in [7, 11) is 0. The average molecular weight is 321 g/mol. The molecule has 2 atom stereocenters. The van der Waals surface area contributed by atoms with Gasteiger partial charge in [-0.2, -0.15) is 0 Å². The molecule has 23 heavy (non-hydrogen) atoms. The molecule has 1 aromatic rings. The molecule has 1 amide bonds. The van der Waals surface area contributed by atoms with Gasteiger partial charge in [-0.1, -0.05) is 13.8 Å². The maximum Gasteiger partial charge on any atom is 0.308 e. The van der Waals surface area contributed by atoms with Crippen LogP contribution in [0, 0.1) is 11.8 Å². The summed E-state index contributed by atoms with van der Waals surface area (Å²) in [6, 6.07) is 7.11. The number of nitrogens with zero attached hydrogens (tertiary/aromatic N) is 1. The molecule has 1 aliphatic rings. The van der Waals surface area contributed by atoms with Gasteiger partial charge in [0, 0.05) is 13.1 Å². The summed E-state index contributed by atoms with van der Waals surface area (Å²) >= 11 is 0. The monoisotopic (exact) mass is 321 g/mol. The Bertz CT molecular complexity index is 542. The zero-order valence-electron chi connectivity index (χ0n) is 13.5. The highest BCUT2D eigenvalue weighted by Gasteiger charge is 2.36. The fourth-order valence-corrected chi connectivity index (χ4v) is 2.58. The number of benzene rings is 1. The maximum atomic E-state index is 12.1. The van der Waals surface area contributed by atoms with Crippen LogP contribution in [0.2, 0.25) is 0 Å². The molecule has 1 fully saturated rings. The van der Waals surface area contributed by atoms with Crippen LogP contribution in [0.4, 0.5) is 0 Å². The van der Waals surface area contributed by atoms with E-state index < -0.39 is 11.9 Å². The number of aliphatic carboxylic acids is 1. The Kier molecular flexibility index (Phi) is 5.84. The minimum Gasteiger partial charge on any atom is -0.494 e. The van der Waals surface area contributed by atoms with Gasteiger partial charge in [0.05, 0.1) is 12.5 Å². The third kappa shape index (κ3) is 4.61. The van der Waals surface area contributed by atoms with Crippen LogP contribution in [0.5, 0.6) is 11.5 Å². The van der Waals surface area contributed by atoms with E-state index in [1.807, 2.05) is 13.8 Å². The number of carbonyl (C=O) groups is 2. The number of hydrogen-bond donors (Lipinski definition) is 1. The van der Waals surface area contributed by atoms with E-state index in [9.17, 15) is 9.59 Å². The first-order valence-electron chi connectivity index (χ1n) is 7.87. The Morgan fingerprint density at radius 2 is 1.78 bits per heavy atom. The highest BCUT2D eigenvalue weighted by Crippen LogP contribution is 2.23. The van der Waals surface area contributed by atoms with Crippen LogP contribution in [0.25, 0.3) is 0 Å². The first kappa shape index (κ1) is 17.1. The Hall–Kier alpha value is -2.24. The maximum absolute atomic E-state index is 12.1. The van der Waals surface area contributed by atoms with Gasteiger partial charge < -0.3 is 19.5 Å². The van der Waals surface area contributed by atoms with Crippen LogP contribution in [0.1, 0.15) is 20.3 Å². The van der Waals surface area contributed by atoms with Crippen molar-refractivity contribution in [2.45, 2.75) is 20.3 Å². The molecule has 0 spiro atoms. The Morgan fingerprint density at radius 1 is 1.17 bits per heavy atom. The molecular weight excluding hydrogens is 298 g/mol. The molecule has 0 aromatic heterocycles. The zero-order chi connectivity index (χ0) is 16.8. The van der Waals surface area contributed by atoms with E-state index in [0.29, 0.717) is 18.9 Å². The topological polar surface area (TPSA) is 76.1 Å². The van der Waals surface area contributed by atoms with E-state index in [2.05, 4.69) is 0 Å². The number of carboxylic acid groups (broad SMARTS) is 1. The van der Waals surface area contributed by atoms with Crippen molar-refractivity contribution in [1.82, 2.24) is 4.90 Å². The zero-order valence-corrected chi connectivity index (χ0v) is 13.5. The fraction of sp³-hybridized carbons (Fsp3) is 0.529. The van der Waals surface area contributed by atoms with Crippen LogP contribution >= 0.6 is 0 Å². The Morgan fingerprint density at radius 3 is 2.30 bits per heavy atom. The van der Waals surface area contributed by atoms with Gasteiger partial charge in [-0.15, -0.1) is 0 Å². The third-order valence-electron chi connectivity index (χ3n) is 3.94. The highest BCUT2D eigenvalue weighted by atomic mass is 16.5. The first-order valence-corrected chi connectivity index (χ1v) is 7.87. The van der Waals surface area contributed by atoms with Gasteiger partial charge in [0.15, 0.2) is 6.61 Å². The number of hydrogen-bond acceptors (Lipinski definition) is 4. The van der Waals surface area contributed by atoms with Gasteiger partial charge in [0.2, 0.25) is 0 Å². The molecule has 126 valence electrons. The van der Waals surface area contributed by atoms with Crippen LogP contribution < -0.4 is 9.47 Å². The van der Waals surface area contributed by atoms with Crippen molar-refractivity contribution in [1.29, 1.82) is 0 Å². The van der Waals surface area contributed by atoms with Gasteiger partial charge in [-0.05, 0) is 36.6 Å². The largest absolute Gasteiger partial charge is 0.494 e. The number of ether oxygens (including phenoxy) is 2. The normalized spacial score (nSPS) is 20.3. The molecule has 0 saturated carbocycles. The van der Waals surface area contributed by atoms with E-state index in [0.717, 1.165) is 12.2 Å². The standard InChI is InChI=1S/C17H23NO5/c1-3-8-22-13-4-6-14(7-5-13)23-11-16(19)18-9-12(2)15(10-18)17(20)21/h4-7,12,15H,3,8-11H2,1-2H3,(H,20,21)/t12-,15-/m1/s1. The molecule has 2 rings (SSSR count). The van der Waals surface area contributed by atoms with Crippen LogP contribution in [0.15, 0.2) is 24.3 Å². The van der Waals surface area contributed by atoms with Crippen molar-refractivity contribution < 1.29 is 24.2 Å². The second kappa shape index (κ2) is 7.85. The molecule has 0 radical (unpaired) electrons. The Balaban J connectivity index is 1.81. The van der Waals surface area contributed by atoms with Crippen molar-refractivity contribution in [2.24, 2.45) is 11.8 Å². The molecule has 1 saturated heterocycles. The Labute approximate surface area is 136 Å². The summed E-state index contributed by atoms with van der Waals surface area (Å²) in [6.07, 6.45) is 0.943. The number of likely N-dealkylation sites (tertiary alicyclic amines) is 1. The predicted molar refractivity (Wildman–Crippen MR) is 84.6 cm³/mol. The smallest absolute Gasteiger partial charge is 0.308 e. The van der Waals surface area contributed by atoms with E-state index in [-0.39, 0.29) is 25.0 Å². The van der Waals surface area contributed by atoms with Crippen LogP contribution in [-0.4, -0.2) is 48.2 Å². The quantitative estimate of drug-likeness (QED) is 0.831. The van der Waals surface area contributed by atoms with Gasteiger partial charge >= 0.3 is 5.97 Å². The summed E-state index contributed by atoms with van der Waals surface area (Å²) in [5.41, 5.74) is 0. The molecule has 6 nitrogen and oxygen atoms in total. The summed E-state index contributed by atoms with van der Waals surface area (Å²) in [6.45, 7) is 5.18. The predicted octanol–water partition coefficient (Wildman–Crippen LogP) is 2.03. The number of amides is 1. The second-order valence-electron chi connectivity index (χ2n) is 5.83. The third-order valence-corrected chi connectivity index (χ3v) is 3.94. The second-order valence-corrected chi connectivity index (χ2v) is 5.83. The SMILES string of the molecule is CCCOc1ccc(OCC(=O)N2C[C@@H](C)[C@H](C(=O)O)C2)cc1. The lowest BCUT2D eigenvalue weighted by Crippen LogP contribution is -2.33. The van der Waals surface area contributed by atoms with Crippen molar-refractivity contribution >= 4 is 11.9 Å². The van der Waals surface area contributed by atoms with Crippen molar-refractivity contribution in [2.75, 3.05) is 26.3 Å². The number of carbonyl (C=O) groups excluding carboxylic acids is 1.